The van der Waals surface area contributed by atoms with Crippen molar-refractivity contribution in [3.63, 3.8) is 0 Å². The van der Waals surface area contributed by atoms with Crippen molar-refractivity contribution in [2.75, 3.05) is 19.0 Å². The summed E-state index contributed by atoms with van der Waals surface area (Å²) in [5.74, 6) is 1.00. The van der Waals surface area contributed by atoms with Crippen LogP contribution >= 0.6 is 15.9 Å². The zero-order chi connectivity index (χ0) is 15.1. The highest BCUT2D eigenvalue weighted by molar-refractivity contribution is 9.09. The van der Waals surface area contributed by atoms with Crippen molar-refractivity contribution in [3.05, 3.63) is 29.8 Å². The largest absolute Gasteiger partial charge is 0.497 e. The number of alkyl halides is 1. The maximum atomic E-state index is 12.0. The van der Waals surface area contributed by atoms with Crippen LogP contribution in [0.25, 0.3) is 0 Å². The first-order chi connectivity index (χ1) is 10.2. The molecule has 0 atom stereocenters. The SMILES string of the molecule is COc1ccc(CCC(=O)NCC2(CBr)CCCC2)cc1. The van der Waals surface area contributed by atoms with Gasteiger partial charge in [-0.05, 0) is 42.4 Å². The molecule has 4 heteroatoms. The van der Waals surface area contributed by atoms with Gasteiger partial charge in [-0.15, -0.1) is 0 Å². The Hall–Kier alpha value is -1.03. The molecule has 1 aromatic carbocycles. The first kappa shape index (κ1) is 16.3. The van der Waals surface area contributed by atoms with Crippen molar-refractivity contribution in [3.8, 4) is 5.75 Å². The Morgan fingerprint density at radius 1 is 1.29 bits per heavy atom. The number of benzene rings is 1. The van der Waals surface area contributed by atoms with Gasteiger partial charge < -0.3 is 10.1 Å². The fourth-order valence-electron chi connectivity index (χ4n) is 2.91. The van der Waals surface area contributed by atoms with Crippen LogP contribution in [-0.4, -0.2) is 24.9 Å². The van der Waals surface area contributed by atoms with Crippen LogP contribution in [0.15, 0.2) is 24.3 Å². The smallest absolute Gasteiger partial charge is 0.220 e. The Morgan fingerprint density at radius 2 is 1.95 bits per heavy atom. The zero-order valence-electron chi connectivity index (χ0n) is 12.7. The normalized spacial score (nSPS) is 16.7. The number of nitrogens with one attached hydrogen (secondary N) is 1. The maximum absolute atomic E-state index is 12.0. The van der Waals surface area contributed by atoms with E-state index in [0.717, 1.165) is 24.0 Å². The minimum Gasteiger partial charge on any atom is -0.497 e. The van der Waals surface area contributed by atoms with Crippen molar-refractivity contribution >= 4 is 21.8 Å². The van der Waals surface area contributed by atoms with Crippen molar-refractivity contribution in [2.24, 2.45) is 5.41 Å². The van der Waals surface area contributed by atoms with E-state index < -0.39 is 0 Å². The molecule has 2 rings (SSSR count). The van der Waals surface area contributed by atoms with Crippen LogP contribution in [0.3, 0.4) is 0 Å². The lowest BCUT2D eigenvalue weighted by molar-refractivity contribution is -0.121. The zero-order valence-corrected chi connectivity index (χ0v) is 14.2. The van der Waals surface area contributed by atoms with E-state index in [4.69, 9.17) is 4.74 Å². The molecule has 1 fully saturated rings. The number of hydrogen-bond acceptors (Lipinski definition) is 2. The first-order valence-electron chi connectivity index (χ1n) is 7.63. The Morgan fingerprint density at radius 3 is 2.52 bits per heavy atom. The van der Waals surface area contributed by atoms with Crippen molar-refractivity contribution in [1.29, 1.82) is 0 Å². The molecule has 1 amide bonds. The molecule has 21 heavy (non-hydrogen) atoms. The van der Waals surface area contributed by atoms with Gasteiger partial charge in [0.2, 0.25) is 5.91 Å². The molecule has 0 unspecified atom stereocenters. The lowest BCUT2D eigenvalue weighted by Gasteiger charge is -2.26. The molecule has 1 aliphatic rings. The minimum atomic E-state index is 0.151. The van der Waals surface area contributed by atoms with Gasteiger partial charge in [-0.25, -0.2) is 0 Å². The molecule has 0 saturated heterocycles. The molecule has 0 heterocycles. The lowest BCUT2D eigenvalue weighted by Crippen LogP contribution is -2.37. The van der Waals surface area contributed by atoms with E-state index in [1.54, 1.807) is 7.11 Å². The molecule has 1 saturated carbocycles. The molecule has 1 aromatic rings. The number of carbonyl (C=O) groups excluding carboxylic acids is 1. The summed E-state index contributed by atoms with van der Waals surface area (Å²) in [6, 6.07) is 7.91. The van der Waals surface area contributed by atoms with E-state index in [0.29, 0.717) is 6.42 Å². The summed E-state index contributed by atoms with van der Waals surface area (Å²) in [5.41, 5.74) is 1.46. The summed E-state index contributed by atoms with van der Waals surface area (Å²) in [4.78, 5) is 12.0. The number of methoxy groups -OCH3 is 1. The van der Waals surface area contributed by atoms with Gasteiger partial charge in [0.1, 0.15) is 5.75 Å². The Kier molecular flexibility index (Phi) is 6.09. The van der Waals surface area contributed by atoms with Gasteiger partial charge in [0.25, 0.3) is 0 Å². The average Bonchev–Trinajstić information content (AvgIpc) is 3.01. The highest BCUT2D eigenvalue weighted by Gasteiger charge is 2.32. The number of carbonyl (C=O) groups is 1. The van der Waals surface area contributed by atoms with Crippen LogP contribution in [0.4, 0.5) is 0 Å². The van der Waals surface area contributed by atoms with Gasteiger partial charge in [-0.3, -0.25) is 4.79 Å². The monoisotopic (exact) mass is 353 g/mol. The molecule has 0 aromatic heterocycles. The third-order valence-corrected chi connectivity index (χ3v) is 5.60. The van der Waals surface area contributed by atoms with E-state index in [2.05, 4.69) is 21.2 Å². The quantitative estimate of drug-likeness (QED) is 0.759. The van der Waals surface area contributed by atoms with Gasteiger partial charge >= 0.3 is 0 Å². The van der Waals surface area contributed by atoms with Crippen LogP contribution < -0.4 is 10.1 Å². The molecular weight excluding hydrogens is 330 g/mol. The molecule has 1 N–H and O–H groups in total. The van der Waals surface area contributed by atoms with Crippen LogP contribution in [0.2, 0.25) is 0 Å². The summed E-state index contributed by atoms with van der Waals surface area (Å²) < 4.78 is 5.13. The number of rotatable bonds is 7. The Labute approximate surface area is 135 Å². The Balaban J connectivity index is 1.74. The third kappa shape index (κ3) is 4.73. The van der Waals surface area contributed by atoms with Gasteiger partial charge in [-0.2, -0.15) is 0 Å². The van der Waals surface area contributed by atoms with Crippen LogP contribution in [0.5, 0.6) is 5.75 Å². The number of amides is 1. The van der Waals surface area contributed by atoms with Crippen LogP contribution in [-0.2, 0) is 11.2 Å². The van der Waals surface area contributed by atoms with Crippen molar-refractivity contribution in [1.82, 2.24) is 5.32 Å². The minimum absolute atomic E-state index is 0.151. The van der Waals surface area contributed by atoms with Gasteiger partial charge in [0.15, 0.2) is 0 Å². The number of ether oxygens (including phenoxy) is 1. The molecule has 3 nitrogen and oxygen atoms in total. The van der Waals surface area contributed by atoms with E-state index in [-0.39, 0.29) is 11.3 Å². The standard InChI is InChI=1S/C17H24BrNO2/c1-21-15-7-4-14(5-8-15)6-9-16(20)19-13-17(12-18)10-2-3-11-17/h4-5,7-8H,2-3,6,9-13H2,1H3,(H,19,20). The fourth-order valence-corrected chi connectivity index (χ4v) is 3.67. The second-order valence-electron chi connectivity index (χ2n) is 5.97. The van der Waals surface area contributed by atoms with Gasteiger partial charge in [-0.1, -0.05) is 40.9 Å². The van der Waals surface area contributed by atoms with Crippen molar-refractivity contribution < 1.29 is 9.53 Å². The summed E-state index contributed by atoms with van der Waals surface area (Å²) in [5, 5.41) is 4.10. The second-order valence-corrected chi connectivity index (χ2v) is 6.53. The van der Waals surface area contributed by atoms with Gasteiger partial charge in [0.05, 0.1) is 7.11 Å². The molecule has 0 aliphatic heterocycles. The molecule has 0 spiro atoms. The Bertz CT molecular complexity index is 452. The topological polar surface area (TPSA) is 38.3 Å². The summed E-state index contributed by atoms with van der Waals surface area (Å²) in [6.45, 7) is 0.805. The molecular formula is C17H24BrNO2. The second kappa shape index (κ2) is 7.83. The lowest BCUT2D eigenvalue weighted by atomic mass is 9.89. The summed E-state index contributed by atoms with van der Waals surface area (Å²) in [6.07, 6.45) is 6.33. The number of halogens is 1. The van der Waals surface area contributed by atoms with Crippen LogP contribution in [0, 0.1) is 5.41 Å². The highest BCUT2D eigenvalue weighted by Crippen LogP contribution is 2.38. The predicted molar refractivity (Wildman–Crippen MR) is 89.0 cm³/mol. The molecule has 0 radical (unpaired) electrons. The highest BCUT2D eigenvalue weighted by atomic mass is 79.9. The van der Waals surface area contributed by atoms with E-state index >= 15 is 0 Å². The maximum Gasteiger partial charge on any atom is 0.220 e. The molecule has 0 bridgehead atoms. The summed E-state index contributed by atoms with van der Waals surface area (Å²) >= 11 is 3.61. The summed E-state index contributed by atoms with van der Waals surface area (Å²) in [7, 11) is 1.66. The molecule has 1 aliphatic carbocycles. The van der Waals surface area contributed by atoms with E-state index in [1.165, 1.54) is 31.2 Å². The van der Waals surface area contributed by atoms with Crippen molar-refractivity contribution in [2.45, 2.75) is 38.5 Å². The van der Waals surface area contributed by atoms with E-state index in [9.17, 15) is 4.79 Å². The third-order valence-electron chi connectivity index (χ3n) is 4.41. The van der Waals surface area contributed by atoms with E-state index in [1.807, 2.05) is 24.3 Å². The fraction of sp³-hybridized carbons (Fsp3) is 0.588. The first-order valence-corrected chi connectivity index (χ1v) is 8.75. The van der Waals surface area contributed by atoms with Gasteiger partial charge in [0, 0.05) is 18.3 Å². The molecule has 116 valence electrons. The average molecular weight is 354 g/mol. The van der Waals surface area contributed by atoms with Crippen LogP contribution in [0.1, 0.15) is 37.7 Å². The predicted octanol–water partition coefficient (Wildman–Crippen LogP) is 3.70. The number of hydrogen-bond donors (Lipinski definition) is 1. The number of aryl methyl sites for hydroxylation is 1.